The van der Waals surface area contributed by atoms with E-state index in [-0.39, 0.29) is 6.10 Å². The van der Waals surface area contributed by atoms with Gasteiger partial charge in [0.1, 0.15) is 5.01 Å². The fourth-order valence-electron chi connectivity index (χ4n) is 2.89. The summed E-state index contributed by atoms with van der Waals surface area (Å²) in [7, 11) is 0. The van der Waals surface area contributed by atoms with Crippen LogP contribution >= 0.6 is 11.3 Å². The van der Waals surface area contributed by atoms with Gasteiger partial charge in [-0.1, -0.05) is 44.2 Å². The molecule has 2 atom stereocenters. The summed E-state index contributed by atoms with van der Waals surface area (Å²) in [4.78, 5) is 5.87. The molecule has 0 bridgehead atoms. The topological polar surface area (TPSA) is 34.2 Å². The molecule has 0 unspecified atom stereocenters. The molecule has 4 heteroatoms. The smallest absolute Gasteiger partial charge is 0.107 e. The second-order valence-electron chi connectivity index (χ2n) is 6.19. The second kappa shape index (κ2) is 7.36. The summed E-state index contributed by atoms with van der Waals surface area (Å²) in [6.45, 7) is 7.13. The van der Waals surface area contributed by atoms with Gasteiger partial charge in [-0.05, 0) is 17.9 Å². The Kier molecular flexibility index (Phi) is 5.24. The summed E-state index contributed by atoms with van der Waals surface area (Å²) in [6.07, 6.45) is 3.37. The van der Waals surface area contributed by atoms with Crippen molar-refractivity contribution < 1.29 is 4.74 Å². The first kappa shape index (κ1) is 15.7. The summed E-state index contributed by atoms with van der Waals surface area (Å²) in [5.74, 6) is 1.11. The van der Waals surface area contributed by atoms with Crippen molar-refractivity contribution in [2.24, 2.45) is 5.92 Å². The number of hydrogen-bond donors (Lipinski definition) is 1. The van der Waals surface area contributed by atoms with E-state index in [0.29, 0.717) is 11.8 Å². The number of rotatable bonds is 6. The zero-order chi connectivity index (χ0) is 15.4. The van der Waals surface area contributed by atoms with E-state index in [9.17, 15) is 0 Å². The molecule has 0 aliphatic carbocycles. The molecule has 118 valence electrons. The van der Waals surface area contributed by atoms with Gasteiger partial charge in [-0.2, -0.15) is 0 Å². The molecule has 3 rings (SSSR count). The van der Waals surface area contributed by atoms with Gasteiger partial charge in [0, 0.05) is 36.7 Å². The summed E-state index contributed by atoms with van der Waals surface area (Å²) < 4.78 is 5.94. The molecule has 0 radical (unpaired) electrons. The van der Waals surface area contributed by atoms with Gasteiger partial charge in [-0.15, -0.1) is 11.3 Å². The summed E-state index contributed by atoms with van der Waals surface area (Å²) >= 11 is 1.82. The van der Waals surface area contributed by atoms with E-state index in [2.05, 4.69) is 54.5 Å². The van der Waals surface area contributed by atoms with E-state index in [4.69, 9.17) is 4.74 Å². The van der Waals surface area contributed by atoms with E-state index >= 15 is 0 Å². The Balaban J connectivity index is 1.52. The van der Waals surface area contributed by atoms with Gasteiger partial charge < -0.3 is 10.1 Å². The van der Waals surface area contributed by atoms with Crippen LogP contribution in [0, 0.1) is 5.92 Å². The van der Waals surface area contributed by atoms with Crippen molar-refractivity contribution in [2.75, 3.05) is 13.2 Å². The van der Waals surface area contributed by atoms with Gasteiger partial charge in [-0.25, -0.2) is 4.98 Å². The molecular weight excluding hydrogens is 292 g/mol. The number of nitrogens with zero attached hydrogens (tertiary/aromatic N) is 1. The first-order valence-corrected chi connectivity index (χ1v) is 8.87. The van der Waals surface area contributed by atoms with Crippen molar-refractivity contribution in [3.63, 3.8) is 0 Å². The van der Waals surface area contributed by atoms with Crippen LogP contribution in [0.4, 0.5) is 0 Å². The Morgan fingerprint density at radius 3 is 2.86 bits per heavy atom. The Hall–Kier alpha value is -1.23. The molecule has 1 saturated heterocycles. The molecule has 1 aliphatic heterocycles. The predicted octanol–water partition coefficient (Wildman–Crippen LogP) is 4.13. The lowest BCUT2D eigenvalue weighted by Gasteiger charge is -2.19. The number of ether oxygens (including phenoxy) is 1. The summed E-state index contributed by atoms with van der Waals surface area (Å²) in [6, 6.07) is 10.6. The molecule has 2 aromatic rings. The maximum absolute atomic E-state index is 5.94. The maximum Gasteiger partial charge on any atom is 0.107 e. The number of thiazole rings is 1. The van der Waals surface area contributed by atoms with Crippen molar-refractivity contribution in [3.8, 4) is 0 Å². The van der Waals surface area contributed by atoms with Crippen LogP contribution in [0.25, 0.3) is 0 Å². The molecule has 0 spiro atoms. The third-order valence-electron chi connectivity index (χ3n) is 4.17. The number of nitrogens with one attached hydrogen (secondary N) is 1. The van der Waals surface area contributed by atoms with Gasteiger partial charge in [0.25, 0.3) is 0 Å². The number of benzene rings is 1. The Labute approximate surface area is 136 Å². The summed E-state index contributed by atoms with van der Waals surface area (Å²) in [5.41, 5.74) is 1.29. The van der Waals surface area contributed by atoms with Crippen LogP contribution < -0.4 is 5.32 Å². The van der Waals surface area contributed by atoms with Crippen LogP contribution in [0.1, 0.15) is 47.7 Å². The van der Waals surface area contributed by atoms with Crippen LogP contribution in [0.2, 0.25) is 0 Å². The predicted molar refractivity (Wildman–Crippen MR) is 91.2 cm³/mol. The summed E-state index contributed by atoms with van der Waals surface area (Å²) in [5, 5.41) is 4.74. The zero-order valence-corrected chi connectivity index (χ0v) is 14.1. The average Bonchev–Trinajstić information content (AvgIpc) is 3.17. The molecule has 1 aromatic heterocycles. The first-order valence-electron chi connectivity index (χ1n) is 8.06. The van der Waals surface area contributed by atoms with E-state index in [1.807, 2.05) is 17.5 Å². The zero-order valence-electron chi connectivity index (χ0n) is 13.3. The molecule has 1 fully saturated rings. The second-order valence-corrected chi connectivity index (χ2v) is 7.34. The minimum atomic E-state index is 0.233. The van der Waals surface area contributed by atoms with Crippen LogP contribution in [0.5, 0.6) is 0 Å². The third-order valence-corrected chi connectivity index (χ3v) is 5.46. The quantitative estimate of drug-likeness (QED) is 0.870. The number of aromatic nitrogens is 1. The molecule has 3 nitrogen and oxygen atoms in total. The minimum absolute atomic E-state index is 0.233. The lowest BCUT2D eigenvalue weighted by molar-refractivity contribution is 0.0904. The van der Waals surface area contributed by atoms with Crippen molar-refractivity contribution in [2.45, 2.75) is 38.8 Å². The Bertz CT molecular complexity index is 582. The van der Waals surface area contributed by atoms with Crippen LogP contribution in [-0.2, 0) is 11.3 Å². The monoisotopic (exact) mass is 316 g/mol. The van der Waals surface area contributed by atoms with Gasteiger partial charge in [0.15, 0.2) is 0 Å². The highest BCUT2D eigenvalue weighted by Crippen LogP contribution is 2.34. The molecule has 0 saturated carbocycles. The standard InChI is InChI=1S/C18H24N2OS/c1-13(2)16-11-20-17(22-16)12-19-10-15-8-9-21-18(15)14-6-4-3-5-7-14/h3-7,11,13,15,18-19H,8-10,12H2,1-2H3/t15-,18-/m1/s1. The number of hydrogen-bond acceptors (Lipinski definition) is 4. The molecule has 0 amide bonds. The van der Waals surface area contributed by atoms with Crippen LogP contribution in [-0.4, -0.2) is 18.1 Å². The fraction of sp³-hybridized carbons (Fsp3) is 0.500. The molecule has 1 N–H and O–H groups in total. The minimum Gasteiger partial charge on any atom is -0.373 e. The normalized spacial score (nSPS) is 21.6. The Morgan fingerprint density at radius 1 is 1.32 bits per heavy atom. The Morgan fingerprint density at radius 2 is 2.14 bits per heavy atom. The largest absolute Gasteiger partial charge is 0.373 e. The molecular formula is C18H24N2OS. The molecule has 2 heterocycles. The van der Waals surface area contributed by atoms with Crippen molar-refractivity contribution in [1.29, 1.82) is 0 Å². The van der Waals surface area contributed by atoms with Crippen LogP contribution in [0.3, 0.4) is 0 Å². The third kappa shape index (κ3) is 3.75. The highest BCUT2D eigenvalue weighted by atomic mass is 32.1. The van der Waals surface area contributed by atoms with Crippen molar-refractivity contribution in [1.82, 2.24) is 10.3 Å². The SMILES string of the molecule is CC(C)c1cnc(CNC[C@H]2CCO[C@@H]2c2ccccc2)s1. The van der Waals surface area contributed by atoms with E-state index < -0.39 is 0 Å². The van der Waals surface area contributed by atoms with Gasteiger partial charge >= 0.3 is 0 Å². The van der Waals surface area contributed by atoms with Gasteiger partial charge in [-0.3, -0.25) is 0 Å². The average molecular weight is 316 g/mol. The van der Waals surface area contributed by atoms with Crippen molar-refractivity contribution >= 4 is 11.3 Å². The van der Waals surface area contributed by atoms with Crippen molar-refractivity contribution in [3.05, 3.63) is 52.0 Å². The lowest BCUT2D eigenvalue weighted by Crippen LogP contribution is -2.24. The lowest BCUT2D eigenvalue weighted by atomic mass is 9.95. The van der Waals surface area contributed by atoms with E-state index in [1.54, 1.807) is 0 Å². The fourth-order valence-corrected chi connectivity index (χ4v) is 3.78. The molecule has 1 aliphatic rings. The van der Waals surface area contributed by atoms with Gasteiger partial charge in [0.05, 0.1) is 6.10 Å². The molecule has 1 aromatic carbocycles. The highest BCUT2D eigenvalue weighted by Gasteiger charge is 2.29. The molecule has 22 heavy (non-hydrogen) atoms. The van der Waals surface area contributed by atoms with E-state index in [0.717, 1.165) is 26.1 Å². The first-order chi connectivity index (χ1) is 10.7. The van der Waals surface area contributed by atoms with Gasteiger partial charge in [0.2, 0.25) is 0 Å². The van der Waals surface area contributed by atoms with E-state index in [1.165, 1.54) is 15.4 Å². The maximum atomic E-state index is 5.94. The highest BCUT2D eigenvalue weighted by molar-refractivity contribution is 7.11. The van der Waals surface area contributed by atoms with Crippen LogP contribution in [0.15, 0.2) is 36.5 Å².